The SMILES string of the molecule is CC[C@@H](NC(=O)[C@H]1CCCN(S(=O)(=O)N(C)C)C1)c1ccc(S(C)(=O)=O)cc1. The Morgan fingerprint density at radius 3 is 2.32 bits per heavy atom. The summed E-state index contributed by atoms with van der Waals surface area (Å²) in [6, 6.07) is 6.21. The van der Waals surface area contributed by atoms with Gasteiger partial charge in [0, 0.05) is 33.4 Å². The zero-order valence-electron chi connectivity index (χ0n) is 16.8. The van der Waals surface area contributed by atoms with Crippen molar-refractivity contribution in [3.05, 3.63) is 29.8 Å². The van der Waals surface area contributed by atoms with Gasteiger partial charge in [0.05, 0.1) is 16.9 Å². The minimum atomic E-state index is -3.54. The Balaban J connectivity index is 2.09. The molecule has 1 N–H and O–H groups in total. The van der Waals surface area contributed by atoms with Gasteiger partial charge in [0.2, 0.25) is 5.91 Å². The molecule has 1 fully saturated rings. The summed E-state index contributed by atoms with van der Waals surface area (Å²) in [6.45, 7) is 2.50. The number of piperidine rings is 1. The summed E-state index contributed by atoms with van der Waals surface area (Å²) < 4.78 is 50.4. The van der Waals surface area contributed by atoms with Crippen LogP contribution >= 0.6 is 0 Å². The molecule has 10 heteroatoms. The normalized spacial score (nSPS) is 20.1. The molecule has 1 aromatic rings. The molecule has 28 heavy (non-hydrogen) atoms. The van der Waals surface area contributed by atoms with Gasteiger partial charge in [0.1, 0.15) is 0 Å². The number of hydrogen-bond donors (Lipinski definition) is 1. The summed E-state index contributed by atoms with van der Waals surface area (Å²) in [6.07, 6.45) is 3.05. The Hall–Kier alpha value is -1.49. The van der Waals surface area contributed by atoms with Gasteiger partial charge in [-0.05, 0) is 37.0 Å². The number of hydrogen-bond acceptors (Lipinski definition) is 5. The van der Waals surface area contributed by atoms with Crippen molar-refractivity contribution in [3.63, 3.8) is 0 Å². The van der Waals surface area contributed by atoms with Crippen molar-refractivity contribution in [1.29, 1.82) is 0 Å². The van der Waals surface area contributed by atoms with E-state index in [4.69, 9.17) is 0 Å². The molecule has 2 rings (SSSR count). The molecule has 1 amide bonds. The minimum absolute atomic E-state index is 0.162. The lowest BCUT2D eigenvalue weighted by molar-refractivity contribution is -0.126. The first-order valence-electron chi connectivity index (χ1n) is 9.24. The highest BCUT2D eigenvalue weighted by Crippen LogP contribution is 2.23. The molecule has 0 saturated carbocycles. The molecule has 1 heterocycles. The Morgan fingerprint density at radius 1 is 1.21 bits per heavy atom. The second kappa shape index (κ2) is 8.89. The highest BCUT2D eigenvalue weighted by molar-refractivity contribution is 7.90. The van der Waals surface area contributed by atoms with Gasteiger partial charge in [-0.25, -0.2) is 8.42 Å². The summed E-state index contributed by atoms with van der Waals surface area (Å²) in [5.74, 6) is -0.592. The first-order valence-corrected chi connectivity index (χ1v) is 12.5. The van der Waals surface area contributed by atoms with Crippen LogP contribution in [0.1, 0.15) is 37.8 Å². The number of amides is 1. The van der Waals surface area contributed by atoms with Gasteiger partial charge in [-0.3, -0.25) is 4.79 Å². The van der Waals surface area contributed by atoms with Crippen molar-refractivity contribution in [2.75, 3.05) is 33.4 Å². The molecule has 158 valence electrons. The zero-order chi connectivity index (χ0) is 21.1. The van der Waals surface area contributed by atoms with Crippen LogP contribution in [0, 0.1) is 5.92 Å². The number of carbonyl (C=O) groups is 1. The van der Waals surface area contributed by atoms with Gasteiger partial charge < -0.3 is 5.32 Å². The standard InChI is InChI=1S/C18H29N3O5S2/c1-5-17(14-8-10-16(11-9-14)27(4,23)24)19-18(22)15-7-6-12-21(13-15)28(25,26)20(2)3/h8-11,15,17H,5-7,12-13H2,1-4H3,(H,19,22)/t15-,17+/m0/s1. The average Bonchev–Trinajstić information content (AvgIpc) is 2.65. The van der Waals surface area contributed by atoms with E-state index in [1.807, 2.05) is 6.92 Å². The fourth-order valence-electron chi connectivity index (χ4n) is 3.25. The van der Waals surface area contributed by atoms with E-state index >= 15 is 0 Å². The highest BCUT2D eigenvalue weighted by atomic mass is 32.2. The number of nitrogens with zero attached hydrogens (tertiary/aromatic N) is 2. The largest absolute Gasteiger partial charge is 0.349 e. The van der Waals surface area contributed by atoms with Gasteiger partial charge in [0.15, 0.2) is 9.84 Å². The van der Waals surface area contributed by atoms with Crippen molar-refractivity contribution in [1.82, 2.24) is 13.9 Å². The molecule has 0 radical (unpaired) electrons. The van der Waals surface area contributed by atoms with Crippen LogP contribution in [0.3, 0.4) is 0 Å². The second-order valence-electron chi connectivity index (χ2n) is 7.30. The minimum Gasteiger partial charge on any atom is -0.349 e. The molecular formula is C18H29N3O5S2. The topological polar surface area (TPSA) is 104 Å². The Bertz CT molecular complexity index is 896. The van der Waals surface area contributed by atoms with E-state index < -0.39 is 26.0 Å². The van der Waals surface area contributed by atoms with Crippen LogP contribution < -0.4 is 5.32 Å². The van der Waals surface area contributed by atoms with Gasteiger partial charge in [-0.2, -0.15) is 17.0 Å². The third kappa shape index (κ3) is 5.31. The van der Waals surface area contributed by atoms with E-state index in [-0.39, 0.29) is 23.4 Å². The van der Waals surface area contributed by atoms with Crippen LogP contribution in [-0.2, 0) is 24.8 Å². The Morgan fingerprint density at radius 2 is 1.82 bits per heavy atom. The molecule has 0 aromatic heterocycles. The molecule has 1 saturated heterocycles. The van der Waals surface area contributed by atoms with Crippen LogP contribution in [-0.4, -0.2) is 64.8 Å². The van der Waals surface area contributed by atoms with E-state index in [1.165, 1.54) is 30.5 Å². The van der Waals surface area contributed by atoms with Gasteiger partial charge in [0.25, 0.3) is 10.2 Å². The van der Waals surface area contributed by atoms with Gasteiger partial charge in [-0.15, -0.1) is 0 Å². The summed E-state index contributed by atoms with van der Waals surface area (Å²) in [5.41, 5.74) is 0.817. The van der Waals surface area contributed by atoms with Crippen LogP contribution in [0.2, 0.25) is 0 Å². The lowest BCUT2D eigenvalue weighted by Crippen LogP contribution is -2.49. The van der Waals surface area contributed by atoms with E-state index in [0.29, 0.717) is 25.8 Å². The summed E-state index contributed by atoms with van der Waals surface area (Å²) in [4.78, 5) is 13.0. The lowest BCUT2D eigenvalue weighted by atomic mass is 9.97. The maximum absolute atomic E-state index is 12.8. The number of sulfone groups is 1. The van der Waals surface area contributed by atoms with Gasteiger partial charge >= 0.3 is 0 Å². The van der Waals surface area contributed by atoms with Gasteiger partial charge in [-0.1, -0.05) is 19.1 Å². The van der Waals surface area contributed by atoms with Crippen LogP contribution in [0.15, 0.2) is 29.2 Å². The zero-order valence-corrected chi connectivity index (χ0v) is 18.4. The monoisotopic (exact) mass is 431 g/mol. The molecule has 0 bridgehead atoms. The quantitative estimate of drug-likeness (QED) is 0.698. The highest BCUT2D eigenvalue weighted by Gasteiger charge is 2.34. The van der Waals surface area contributed by atoms with Crippen LogP contribution in [0.5, 0.6) is 0 Å². The van der Waals surface area contributed by atoms with Crippen molar-refractivity contribution in [2.24, 2.45) is 5.92 Å². The van der Waals surface area contributed by atoms with E-state index in [1.54, 1.807) is 12.1 Å². The molecule has 1 aliphatic rings. The van der Waals surface area contributed by atoms with Crippen molar-refractivity contribution in [2.45, 2.75) is 37.1 Å². The smallest absolute Gasteiger partial charge is 0.281 e. The summed E-state index contributed by atoms with van der Waals surface area (Å²) in [7, 11) is -3.86. The lowest BCUT2D eigenvalue weighted by Gasteiger charge is -2.33. The molecule has 2 atom stereocenters. The Labute approximate surface area is 168 Å². The van der Waals surface area contributed by atoms with Crippen molar-refractivity contribution in [3.8, 4) is 0 Å². The fraction of sp³-hybridized carbons (Fsp3) is 0.611. The number of carbonyl (C=O) groups excluding carboxylic acids is 1. The fourth-order valence-corrected chi connectivity index (χ4v) is 5.08. The third-order valence-corrected chi connectivity index (χ3v) is 8.01. The molecule has 1 aliphatic heterocycles. The summed E-state index contributed by atoms with van der Waals surface area (Å²) in [5, 5.41) is 2.99. The van der Waals surface area contributed by atoms with Crippen LogP contribution in [0.4, 0.5) is 0 Å². The predicted octanol–water partition coefficient (Wildman–Crippen LogP) is 1.18. The molecule has 0 unspecified atom stereocenters. The molecular weight excluding hydrogens is 402 g/mol. The molecule has 8 nitrogen and oxygen atoms in total. The molecule has 0 spiro atoms. The van der Waals surface area contributed by atoms with Crippen molar-refractivity contribution >= 4 is 26.0 Å². The van der Waals surface area contributed by atoms with Crippen molar-refractivity contribution < 1.29 is 21.6 Å². The maximum atomic E-state index is 12.8. The predicted molar refractivity (Wildman–Crippen MR) is 108 cm³/mol. The number of rotatable bonds is 7. The van der Waals surface area contributed by atoms with E-state index in [9.17, 15) is 21.6 Å². The first kappa shape index (κ1) is 22.8. The van der Waals surface area contributed by atoms with E-state index in [2.05, 4.69) is 5.32 Å². The summed E-state index contributed by atoms with van der Waals surface area (Å²) >= 11 is 0. The molecule has 0 aliphatic carbocycles. The third-order valence-electron chi connectivity index (χ3n) is 4.98. The number of benzene rings is 1. The average molecular weight is 432 g/mol. The molecule has 1 aromatic carbocycles. The van der Waals surface area contributed by atoms with E-state index in [0.717, 1.165) is 16.1 Å². The van der Waals surface area contributed by atoms with Crippen LogP contribution in [0.25, 0.3) is 0 Å². The second-order valence-corrected chi connectivity index (χ2v) is 11.5. The Kier molecular flexibility index (Phi) is 7.24. The first-order chi connectivity index (χ1) is 13.0. The maximum Gasteiger partial charge on any atom is 0.281 e. The number of nitrogens with one attached hydrogen (secondary N) is 1.